The molecule has 6 nitrogen and oxygen atoms in total. The molecule has 2 saturated heterocycles. The van der Waals surface area contributed by atoms with E-state index in [1.54, 1.807) is 0 Å². The first-order valence-electron chi connectivity index (χ1n) is 10.2. The number of nitrogens with two attached hydrogens (primary N) is 1. The molecule has 2 aliphatic rings. The first-order chi connectivity index (χ1) is 13.1. The normalized spacial score (nSPS) is 19.9. The monoisotopic (exact) mass is 372 g/mol. The van der Waals surface area contributed by atoms with Crippen LogP contribution in [0.4, 0.5) is 0 Å². The number of nitrogens with zero attached hydrogens (tertiary/aromatic N) is 3. The molecule has 1 aromatic carbocycles. The van der Waals surface area contributed by atoms with Crippen molar-refractivity contribution in [2.75, 3.05) is 32.8 Å². The molecule has 2 heterocycles. The number of hydrogen-bond donors (Lipinski definition) is 1. The number of amides is 1. The molecule has 27 heavy (non-hydrogen) atoms. The highest BCUT2D eigenvalue weighted by atomic mass is 16.6. The topological polar surface area (TPSA) is 71.2 Å². The maximum Gasteiger partial charge on any atom is 0.263 e. The van der Waals surface area contributed by atoms with E-state index in [9.17, 15) is 4.79 Å². The van der Waals surface area contributed by atoms with Gasteiger partial charge in [0.25, 0.3) is 5.91 Å². The molecular weight excluding hydrogens is 340 g/mol. The molecule has 2 fully saturated rings. The lowest BCUT2D eigenvalue weighted by Crippen LogP contribution is -2.39. The lowest BCUT2D eigenvalue weighted by Gasteiger charge is -2.29. The Labute approximate surface area is 162 Å². The van der Waals surface area contributed by atoms with Crippen molar-refractivity contribution in [2.45, 2.75) is 45.6 Å². The number of oxime groups is 1. The third-order valence-electron chi connectivity index (χ3n) is 5.62. The average Bonchev–Trinajstić information content (AvgIpc) is 2.69. The van der Waals surface area contributed by atoms with Crippen LogP contribution in [0.15, 0.2) is 29.4 Å². The Hall–Kier alpha value is -2.08. The summed E-state index contributed by atoms with van der Waals surface area (Å²) in [5.74, 6) is 1.02. The van der Waals surface area contributed by atoms with Crippen LogP contribution in [0.2, 0.25) is 0 Å². The molecule has 0 saturated carbocycles. The molecule has 1 aromatic rings. The fraction of sp³-hybridized carbons (Fsp3) is 0.619. The predicted octanol–water partition coefficient (Wildman–Crippen LogP) is 2.57. The zero-order chi connectivity index (χ0) is 19.1. The van der Waals surface area contributed by atoms with Gasteiger partial charge in [0, 0.05) is 25.2 Å². The molecule has 2 aliphatic heterocycles. The Bertz CT molecular complexity index is 647. The van der Waals surface area contributed by atoms with Gasteiger partial charge in [-0.1, -0.05) is 42.8 Å². The summed E-state index contributed by atoms with van der Waals surface area (Å²) in [6.07, 6.45) is 5.94. The van der Waals surface area contributed by atoms with Crippen molar-refractivity contribution < 1.29 is 9.63 Å². The summed E-state index contributed by atoms with van der Waals surface area (Å²) in [7, 11) is 0. The van der Waals surface area contributed by atoms with Gasteiger partial charge in [-0.2, -0.15) is 0 Å². The molecule has 0 unspecified atom stereocenters. The molecule has 6 heteroatoms. The fourth-order valence-electron chi connectivity index (χ4n) is 3.82. The highest BCUT2D eigenvalue weighted by Gasteiger charge is 2.20. The van der Waals surface area contributed by atoms with Crippen LogP contribution in [-0.4, -0.2) is 54.3 Å². The smallest absolute Gasteiger partial charge is 0.263 e. The zero-order valence-electron chi connectivity index (χ0n) is 16.4. The lowest BCUT2D eigenvalue weighted by molar-refractivity contribution is -0.137. The Morgan fingerprint density at radius 2 is 1.85 bits per heavy atom. The maximum absolute atomic E-state index is 12.2. The van der Waals surface area contributed by atoms with Gasteiger partial charge in [-0.3, -0.25) is 9.69 Å². The van der Waals surface area contributed by atoms with Gasteiger partial charge in [0.2, 0.25) is 0 Å². The summed E-state index contributed by atoms with van der Waals surface area (Å²) in [5, 5.41) is 4.03. The van der Waals surface area contributed by atoms with Gasteiger partial charge in [-0.15, -0.1) is 0 Å². The second-order valence-electron chi connectivity index (χ2n) is 7.81. The third kappa shape index (κ3) is 5.70. The van der Waals surface area contributed by atoms with Crippen molar-refractivity contribution in [2.24, 2.45) is 16.8 Å². The number of carbonyl (C=O) groups excluding carboxylic acids is 1. The van der Waals surface area contributed by atoms with Crippen LogP contribution in [0, 0.1) is 5.92 Å². The van der Waals surface area contributed by atoms with E-state index in [1.165, 1.54) is 19.3 Å². The van der Waals surface area contributed by atoms with Crippen molar-refractivity contribution in [3.63, 3.8) is 0 Å². The molecule has 148 valence electrons. The minimum absolute atomic E-state index is 0.0138. The second-order valence-corrected chi connectivity index (χ2v) is 7.81. The lowest BCUT2D eigenvalue weighted by atomic mass is 9.99. The molecule has 3 rings (SSSR count). The Balaban J connectivity index is 1.55. The van der Waals surface area contributed by atoms with Crippen molar-refractivity contribution in [3.05, 3.63) is 35.4 Å². The number of benzene rings is 1. The van der Waals surface area contributed by atoms with Gasteiger partial charge >= 0.3 is 0 Å². The van der Waals surface area contributed by atoms with Crippen molar-refractivity contribution >= 4 is 11.7 Å². The van der Waals surface area contributed by atoms with Crippen molar-refractivity contribution in [1.29, 1.82) is 0 Å². The molecule has 0 aromatic heterocycles. The Kier molecular flexibility index (Phi) is 7.10. The minimum Gasteiger partial charge on any atom is -0.384 e. The molecule has 0 atom stereocenters. The first-order valence-corrected chi connectivity index (χ1v) is 10.2. The number of rotatable bonds is 6. The van der Waals surface area contributed by atoms with Gasteiger partial charge in [-0.25, -0.2) is 0 Å². The molecule has 0 spiro atoms. The molecule has 0 radical (unpaired) electrons. The van der Waals surface area contributed by atoms with Crippen molar-refractivity contribution in [1.82, 2.24) is 9.80 Å². The van der Waals surface area contributed by atoms with E-state index in [0.29, 0.717) is 11.8 Å². The summed E-state index contributed by atoms with van der Waals surface area (Å²) >= 11 is 0. The second kappa shape index (κ2) is 9.74. The van der Waals surface area contributed by atoms with Crippen molar-refractivity contribution in [3.8, 4) is 0 Å². The van der Waals surface area contributed by atoms with Crippen LogP contribution in [0.1, 0.15) is 50.2 Å². The van der Waals surface area contributed by atoms with Gasteiger partial charge < -0.3 is 15.5 Å². The molecule has 2 N–H and O–H groups in total. The van der Waals surface area contributed by atoms with Gasteiger partial charge in [0.1, 0.15) is 0 Å². The minimum atomic E-state index is -0.0522. The summed E-state index contributed by atoms with van der Waals surface area (Å²) in [4.78, 5) is 21.8. The van der Waals surface area contributed by atoms with Crippen LogP contribution in [0.25, 0.3) is 0 Å². The van der Waals surface area contributed by atoms with E-state index < -0.39 is 0 Å². The zero-order valence-corrected chi connectivity index (χ0v) is 16.4. The maximum atomic E-state index is 12.2. The highest BCUT2D eigenvalue weighted by molar-refractivity contribution is 5.98. The van der Waals surface area contributed by atoms with Gasteiger partial charge in [-0.05, 0) is 50.3 Å². The summed E-state index contributed by atoms with van der Waals surface area (Å²) in [6.45, 7) is 6.92. The third-order valence-corrected chi connectivity index (χ3v) is 5.62. The SMILES string of the molecule is CC1CCN(C(=O)CON=C(N)c2ccccc2CN2CCCCC2)CC1. The standard InChI is InChI=1S/C21H32N4O2/c1-17-9-13-25(14-10-17)20(26)16-27-23-21(22)19-8-4-3-7-18(19)15-24-11-5-2-6-12-24/h3-4,7-8,17H,2,5-6,9-16H2,1H3,(H2,22,23). The molecular formula is C21H32N4O2. The van der Waals surface area contributed by atoms with E-state index >= 15 is 0 Å². The molecule has 0 aliphatic carbocycles. The Morgan fingerprint density at radius 3 is 2.59 bits per heavy atom. The summed E-state index contributed by atoms with van der Waals surface area (Å²) < 4.78 is 0. The fourth-order valence-corrected chi connectivity index (χ4v) is 3.82. The van der Waals surface area contributed by atoms with E-state index in [1.807, 2.05) is 23.1 Å². The number of piperidine rings is 2. The number of likely N-dealkylation sites (tertiary alicyclic amines) is 2. The molecule has 1 amide bonds. The first kappa shape index (κ1) is 19.7. The number of hydrogen-bond acceptors (Lipinski definition) is 4. The number of amidine groups is 1. The molecule has 0 bridgehead atoms. The van der Waals surface area contributed by atoms with Crippen LogP contribution < -0.4 is 5.73 Å². The van der Waals surface area contributed by atoms with Gasteiger partial charge in [0.15, 0.2) is 12.4 Å². The van der Waals surface area contributed by atoms with Crippen LogP contribution in [0.5, 0.6) is 0 Å². The highest BCUT2D eigenvalue weighted by Crippen LogP contribution is 2.17. The van der Waals surface area contributed by atoms with Crippen LogP contribution in [0.3, 0.4) is 0 Å². The van der Waals surface area contributed by atoms with E-state index in [-0.39, 0.29) is 12.5 Å². The average molecular weight is 373 g/mol. The van der Waals surface area contributed by atoms with Gasteiger partial charge in [0.05, 0.1) is 0 Å². The van der Waals surface area contributed by atoms with E-state index in [2.05, 4.69) is 23.0 Å². The van der Waals surface area contributed by atoms with E-state index in [4.69, 9.17) is 10.6 Å². The predicted molar refractivity (Wildman–Crippen MR) is 107 cm³/mol. The summed E-state index contributed by atoms with van der Waals surface area (Å²) in [6, 6.07) is 8.04. The Morgan fingerprint density at radius 1 is 1.15 bits per heavy atom. The van der Waals surface area contributed by atoms with Crippen LogP contribution in [-0.2, 0) is 16.2 Å². The van der Waals surface area contributed by atoms with Crippen LogP contribution >= 0.6 is 0 Å². The largest absolute Gasteiger partial charge is 0.384 e. The quantitative estimate of drug-likeness (QED) is 0.473. The summed E-state index contributed by atoms with van der Waals surface area (Å²) in [5.41, 5.74) is 8.21. The number of carbonyl (C=O) groups is 1. The van der Waals surface area contributed by atoms with E-state index in [0.717, 1.165) is 56.7 Å².